The SMILES string of the molecule is Cc1ccc(C(=O)CCC(=O)NCc2csc(-c3ccccn3)n2)cc1C. The van der Waals surface area contributed by atoms with Crippen molar-refractivity contribution in [3.8, 4) is 10.7 Å². The molecule has 1 aromatic carbocycles. The van der Waals surface area contributed by atoms with Crippen LogP contribution in [0.2, 0.25) is 0 Å². The van der Waals surface area contributed by atoms with Gasteiger partial charge in [0, 0.05) is 30.0 Å². The highest BCUT2D eigenvalue weighted by atomic mass is 32.1. The number of Topliss-reactive ketones (excluding diaryl/α,β-unsaturated/α-hetero) is 1. The third-order valence-electron chi connectivity index (χ3n) is 4.31. The minimum Gasteiger partial charge on any atom is -0.350 e. The molecule has 27 heavy (non-hydrogen) atoms. The lowest BCUT2D eigenvalue weighted by atomic mass is 10.0. The van der Waals surface area contributed by atoms with E-state index in [1.165, 1.54) is 11.3 Å². The molecule has 0 spiro atoms. The Labute approximate surface area is 162 Å². The number of thiazole rings is 1. The first-order valence-electron chi connectivity index (χ1n) is 8.76. The number of nitrogens with zero attached hydrogens (tertiary/aromatic N) is 2. The minimum atomic E-state index is -0.153. The molecule has 6 heteroatoms. The Hall–Kier alpha value is -2.86. The maximum absolute atomic E-state index is 12.2. The van der Waals surface area contributed by atoms with Gasteiger partial charge >= 0.3 is 0 Å². The third kappa shape index (κ3) is 5.08. The molecule has 0 aliphatic heterocycles. The molecular weight excluding hydrogens is 358 g/mol. The highest BCUT2D eigenvalue weighted by Gasteiger charge is 2.11. The first-order valence-corrected chi connectivity index (χ1v) is 9.64. The van der Waals surface area contributed by atoms with Crippen LogP contribution in [-0.4, -0.2) is 21.7 Å². The maximum Gasteiger partial charge on any atom is 0.220 e. The first-order chi connectivity index (χ1) is 13.0. The zero-order valence-electron chi connectivity index (χ0n) is 15.4. The number of hydrogen-bond acceptors (Lipinski definition) is 5. The van der Waals surface area contributed by atoms with Crippen LogP contribution < -0.4 is 5.32 Å². The van der Waals surface area contributed by atoms with E-state index in [4.69, 9.17) is 0 Å². The summed E-state index contributed by atoms with van der Waals surface area (Å²) in [5, 5.41) is 5.55. The molecule has 3 rings (SSSR count). The molecule has 0 aliphatic rings. The molecule has 0 unspecified atom stereocenters. The van der Waals surface area contributed by atoms with Gasteiger partial charge in [0.25, 0.3) is 0 Å². The van der Waals surface area contributed by atoms with E-state index >= 15 is 0 Å². The lowest BCUT2D eigenvalue weighted by Gasteiger charge is -2.05. The van der Waals surface area contributed by atoms with Gasteiger partial charge in [-0.3, -0.25) is 14.6 Å². The monoisotopic (exact) mass is 379 g/mol. The second kappa shape index (κ2) is 8.68. The van der Waals surface area contributed by atoms with Gasteiger partial charge in [0.2, 0.25) is 5.91 Å². The summed E-state index contributed by atoms with van der Waals surface area (Å²) in [7, 11) is 0. The van der Waals surface area contributed by atoms with Crippen molar-refractivity contribution >= 4 is 23.0 Å². The van der Waals surface area contributed by atoms with Crippen molar-refractivity contribution < 1.29 is 9.59 Å². The van der Waals surface area contributed by atoms with Crippen LogP contribution in [-0.2, 0) is 11.3 Å². The van der Waals surface area contributed by atoms with Crippen LogP contribution in [0.3, 0.4) is 0 Å². The number of pyridine rings is 1. The molecule has 0 radical (unpaired) electrons. The maximum atomic E-state index is 12.2. The molecule has 1 N–H and O–H groups in total. The number of nitrogens with one attached hydrogen (secondary N) is 1. The van der Waals surface area contributed by atoms with E-state index in [0.29, 0.717) is 12.1 Å². The van der Waals surface area contributed by atoms with Gasteiger partial charge in [0.1, 0.15) is 5.01 Å². The number of aromatic nitrogens is 2. The molecule has 2 aromatic heterocycles. The summed E-state index contributed by atoms with van der Waals surface area (Å²) in [6.07, 6.45) is 2.10. The normalized spacial score (nSPS) is 10.6. The van der Waals surface area contributed by atoms with Crippen molar-refractivity contribution in [3.05, 3.63) is 70.4 Å². The van der Waals surface area contributed by atoms with Gasteiger partial charge in [-0.05, 0) is 43.2 Å². The van der Waals surface area contributed by atoms with Crippen molar-refractivity contribution in [1.82, 2.24) is 15.3 Å². The topological polar surface area (TPSA) is 72.0 Å². The summed E-state index contributed by atoms with van der Waals surface area (Å²) in [5.74, 6) is -0.168. The number of aryl methyl sites for hydroxylation is 2. The van der Waals surface area contributed by atoms with E-state index in [1.807, 2.05) is 55.6 Å². The Morgan fingerprint density at radius 3 is 2.67 bits per heavy atom. The fraction of sp³-hybridized carbons (Fsp3) is 0.238. The predicted molar refractivity (Wildman–Crippen MR) is 107 cm³/mol. The molecule has 0 bridgehead atoms. The van der Waals surface area contributed by atoms with Crippen LogP contribution >= 0.6 is 11.3 Å². The Kier molecular flexibility index (Phi) is 6.08. The van der Waals surface area contributed by atoms with Crippen LogP contribution in [0, 0.1) is 13.8 Å². The molecule has 0 fully saturated rings. The standard InChI is InChI=1S/C21H21N3O2S/c1-14-6-7-16(11-15(14)2)19(25)8-9-20(26)23-12-17-13-27-21(24-17)18-5-3-4-10-22-18/h3-7,10-11,13H,8-9,12H2,1-2H3,(H,23,26). The van der Waals surface area contributed by atoms with Crippen molar-refractivity contribution in [3.63, 3.8) is 0 Å². The predicted octanol–water partition coefficient (Wildman–Crippen LogP) is 4.10. The highest BCUT2D eigenvalue weighted by molar-refractivity contribution is 7.13. The van der Waals surface area contributed by atoms with Gasteiger partial charge in [-0.15, -0.1) is 11.3 Å². The minimum absolute atomic E-state index is 0.0145. The van der Waals surface area contributed by atoms with Crippen LogP contribution in [0.4, 0.5) is 0 Å². The van der Waals surface area contributed by atoms with E-state index < -0.39 is 0 Å². The highest BCUT2D eigenvalue weighted by Crippen LogP contribution is 2.21. The number of carbonyl (C=O) groups is 2. The number of amides is 1. The zero-order valence-corrected chi connectivity index (χ0v) is 16.2. The molecule has 2 heterocycles. The average Bonchev–Trinajstić information content (AvgIpc) is 3.16. The summed E-state index contributed by atoms with van der Waals surface area (Å²) < 4.78 is 0. The number of benzene rings is 1. The second-order valence-corrected chi connectivity index (χ2v) is 7.22. The van der Waals surface area contributed by atoms with E-state index in [0.717, 1.165) is 27.5 Å². The van der Waals surface area contributed by atoms with Gasteiger partial charge in [0.15, 0.2) is 5.78 Å². The van der Waals surface area contributed by atoms with Crippen molar-refractivity contribution in [1.29, 1.82) is 0 Å². The largest absolute Gasteiger partial charge is 0.350 e. The summed E-state index contributed by atoms with van der Waals surface area (Å²) in [5.41, 5.74) is 4.49. The van der Waals surface area contributed by atoms with Gasteiger partial charge < -0.3 is 5.32 Å². The van der Waals surface area contributed by atoms with Gasteiger partial charge in [-0.2, -0.15) is 0 Å². The summed E-state index contributed by atoms with van der Waals surface area (Å²) in [4.78, 5) is 33.1. The van der Waals surface area contributed by atoms with Crippen molar-refractivity contribution in [2.45, 2.75) is 33.2 Å². The third-order valence-corrected chi connectivity index (χ3v) is 5.22. The second-order valence-electron chi connectivity index (χ2n) is 6.36. The Morgan fingerprint density at radius 1 is 1.07 bits per heavy atom. The quantitative estimate of drug-likeness (QED) is 0.627. The van der Waals surface area contributed by atoms with Crippen molar-refractivity contribution in [2.75, 3.05) is 0 Å². The number of rotatable bonds is 7. The van der Waals surface area contributed by atoms with Gasteiger partial charge in [-0.1, -0.05) is 18.2 Å². The van der Waals surface area contributed by atoms with Crippen LogP contribution in [0.5, 0.6) is 0 Å². The first kappa shape index (κ1) is 18.9. The van der Waals surface area contributed by atoms with Gasteiger partial charge in [0.05, 0.1) is 17.9 Å². The van der Waals surface area contributed by atoms with E-state index in [1.54, 1.807) is 6.20 Å². The van der Waals surface area contributed by atoms with E-state index in [9.17, 15) is 9.59 Å². The molecule has 0 atom stereocenters. The Balaban J connectivity index is 1.48. The smallest absolute Gasteiger partial charge is 0.220 e. The fourth-order valence-corrected chi connectivity index (χ4v) is 3.35. The van der Waals surface area contributed by atoms with Crippen molar-refractivity contribution in [2.24, 2.45) is 0 Å². The van der Waals surface area contributed by atoms with Crippen LogP contribution in [0.15, 0.2) is 48.0 Å². The lowest BCUT2D eigenvalue weighted by molar-refractivity contribution is -0.121. The summed E-state index contributed by atoms with van der Waals surface area (Å²) in [6, 6.07) is 11.3. The molecular formula is C21H21N3O2S. The number of carbonyl (C=O) groups excluding carboxylic acids is 2. The van der Waals surface area contributed by atoms with Crippen LogP contribution in [0.1, 0.15) is 40.0 Å². The molecule has 138 valence electrons. The average molecular weight is 379 g/mol. The molecule has 0 saturated carbocycles. The lowest BCUT2D eigenvalue weighted by Crippen LogP contribution is -2.23. The van der Waals surface area contributed by atoms with E-state index in [-0.39, 0.29) is 24.5 Å². The summed E-state index contributed by atoms with van der Waals surface area (Å²) in [6.45, 7) is 4.33. The number of hydrogen-bond donors (Lipinski definition) is 1. The molecule has 0 saturated heterocycles. The number of ketones is 1. The summed E-state index contributed by atoms with van der Waals surface area (Å²) >= 11 is 1.49. The molecule has 0 aliphatic carbocycles. The van der Waals surface area contributed by atoms with E-state index in [2.05, 4.69) is 15.3 Å². The molecule has 1 amide bonds. The Morgan fingerprint density at radius 2 is 1.93 bits per heavy atom. The van der Waals surface area contributed by atoms with Gasteiger partial charge in [-0.25, -0.2) is 4.98 Å². The molecule has 3 aromatic rings. The fourth-order valence-electron chi connectivity index (χ4n) is 2.56. The van der Waals surface area contributed by atoms with Crippen LogP contribution in [0.25, 0.3) is 10.7 Å². The Bertz CT molecular complexity index is 951. The molecule has 5 nitrogen and oxygen atoms in total. The zero-order chi connectivity index (χ0) is 19.2.